The topological polar surface area (TPSA) is 67.9 Å². The molecule has 0 spiro atoms. The molecule has 180 valence electrons. The van der Waals surface area contributed by atoms with Crippen LogP contribution in [0.15, 0.2) is 65.6 Å². The number of halogens is 2. The van der Waals surface area contributed by atoms with Crippen molar-refractivity contribution < 1.29 is 23.5 Å². The molecule has 0 saturated carbocycles. The molecule has 5 rings (SSSR count). The number of carbonyl (C=O) groups excluding carboxylic acids is 2. The summed E-state index contributed by atoms with van der Waals surface area (Å²) in [6, 6.07) is 17.2. The van der Waals surface area contributed by atoms with Crippen LogP contribution >= 0.6 is 23.4 Å². The molecular weight excluding hydrogens is 491 g/mol. The Balaban J connectivity index is 1.33. The van der Waals surface area contributed by atoms with Gasteiger partial charge in [0.15, 0.2) is 11.5 Å². The molecule has 3 aromatic rings. The number of fused-ring (bicyclic) bond motifs is 2. The molecule has 2 heterocycles. The molecule has 0 aromatic heterocycles. The number of anilines is 1. The Morgan fingerprint density at radius 1 is 1.17 bits per heavy atom. The van der Waals surface area contributed by atoms with Gasteiger partial charge in [0.2, 0.25) is 18.6 Å². The number of carbonyl (C=O) groups is 2. The quantitative estimate of drug-likeness (QED) is 0.493. The van der Waals surface area contributed by atoms with Crippen molar-refractivity contribution >= 4 is 40.9 Å². The summed E-state index contributed by atoms with van der Waals surface area (Å²) >= 11 is 7.62. The molecule has 0 fully saturated rings. The maximum atomic E-state index is 13.6. The fourth-order valence-electron chi connectivity index (χ4n) is 4.08. The van der Waals surface area contributed by atoms with Gasteiger partial charge in [0, 0.05) is 16.5 Å². The molecule has 1 N–H and O–H groups in total. The third kappa shape index (κ3) is 4.81. The first-order chi connectivity index (χ1) is 16.9. The second-order valence-electron chi connectivity index (χ2n) is 8.36. The minimum absolute atomic E-state index is 0.178. The third-order valence-electron chi connectivity index (χ3n) is 6.03. The molecule has 2 atom stereocenters. The van der Waals surface area contributed by atoms with Crippen molar-refractivity contribution in [2.24, 2.45) is 5.92 Å². The molecule has 6 nitrogen and oxygen atoms in total. The van der Waals surface area contributed by atoms with E-state index < -0.39 is 17.0 Å². The minimum Gasteiger partial charge on any atom is -0.454 e. The van der Waals surface area contributed by atoms with Gasteiger partial charge in [-0.3, -0.25) is 9.59 Å². The molecular formula is C26H22ClFN2O4S. The number of benzene rings is 3. The Bertz CT molecular complexity index is 1300. The van der Waals surface area contributed by atoms with Crippen molar-refractivity contribution in [3.05, 3.63) is 82.6 Å². The van der Waals surface area contributed by atoms with Gasteiger partial charge in [-0.05, 0) is 47.5 Å². The summed E-state index contributed by atoms with van der Waals surface area (Å²) in [4.78, 5) is 29.2. The van der Waals surface area contributed by atoms with Crippen LogP contribution in [0.4, 0.5) is 10.1 Å². The Labute approximate surface area is 211 Å². The van der Waals surface area contributed by atoms with Crippen LogP contribution in [-0.2, 0) is 22.7 Å². The van der Waals surface area contributed by atoms with E-state index in [9.17, 15) is 14.0 Å². The average Bonchev–Trinajstić information content (AvgIpc) is 3.33. The van der Waals surface area contributed by atoms with Crippen LogP contribution in [0.25, 0.3) is 0 Å². The zero-order valence-electron chi connectivity index (χ0n) is 18.8. The highest BCUT2D eigenvalue weighted by molar-refractivity contribution is 8.01. The molecule has 9 heteroatoms. The van der Waals surface area contributed by atoms with E-state index in [4.69, 9.17) is 21.1 Å². The van der Waals surface area contributed by atoms with Gasteiger partial charge in [-0.2, -0.15) is 0 Å². The van der Waals surface area contributed by atoms with Crippen molar-refractivity contribution in [3.63, 3.8) is 0 Å². The normalized spacial score (nSPS) is 17.2. The first-order valence-electron chi connectivity index (χ1n) is 11.1. The second-order valence-corrected chi connectivity index (χ2v) is 9.95. The number of rotatable bonds is 6. The molecule has 0 saturated heterocycles. The number of thioether (sulfide) groups is 1. The Morgan fingerprint density at radius 3 is 2.80 bits per heavy atom. The molecule has 2 aliphatic heterocycles. The molecule has 0 aliphatic carbocycles. The third-order valence-corrected chi connectivity index (χ3v) is 7.85. The number of amides is 2. The molecule has 2 aliphatic rings. The minimum atomic E-state index is -0.624. The number of nitrogens with one attached hydrogen (secondary N) is 1. The monoisotopic (exact) mass is 512 g/mol. The number of ether oxygens (including phenoxy) is 2. The van der Waals surface area contributed by atoms with E-state index >= 15 is 0 Å². The van der Waals surface area contributed by atoms with E-state index in [1.54, 1.807) is 17.9 Å². The van der Waals surface area contributed by atoms with E-state index in [1.165, 1.54) is 23.9 Å². The van der Waals surface area contributed by atoms with Gasteiger partial charge in [-0.1, -0.05) is 42.8 Å². The predicted octanol–water partition coefficient (Wildman–Crippen LogP) is 5.17. The van der Waals surface area contributed by atoms with Crippen molar-refractivity contribution in [1.29, 1.82) is 0 Å². The van der Waals surface area contributed by atoms with Gasteiger partial charge in [-0.15, -0.1) is 11.8 Å². The molecule has 0 bridgehead atoms. The summed E-state index contributed by atoms with van der Waals surface area (Å²) in [5.41, 5.74) is 2.24. The number of hydrogen-bond acceptors (Lipinski definition) is 5. The van der Waals surface area contributed by atoms with Crippen LogP contribution in [0.5, 0.6) is 11.5 Å². The fraction of sp³-hybridized carbons (Fsp3) is 0.231. The summed E-state index contributed by atoms with van der Waals surface area (Å²) in [7, 11) is 0. The average molecular weight is 513 g/mol. The molecule has 0 unspecified atom stereocenters. The molecule has 0 radical (unpaired) electrons. The van der Waals surface area contributed by atoms with Crippen LogP contribution in [0.2, 0.25) is 5.02 Å². The Hall–Kier alpha value is -3.23. The van der Waals surface area contributed by atoms with Gasteiger partial charge < -0.3 is 19.7 Å². The lowest BCUT2D eigenvalue weighted by Gasteiger charge is -2.36. The van der Waals surface area contributed by atoms with Crippen molar-refractivity contribution in [2.75, 3.05) is 11.7 Å². The van der Waals surface area contributed by atoms with Gasteiger partial charge in [0.05, 0.1) is 18.2 Å². The smallest absolute Gasteiger partial charge is 0.241 e. The van der Waals surface area contributed by atoms with Crippen LogP contribution in [0.3, 0.4) is 0 Å². The summed E-state index contributed by atoms with van der Waals surface area (Å²) < 4.78 is 24.2. The zero-order valence-corrected chi connectivity index (χ0v) is 20.4. The van der Waals surface area contributed by atoms with Gasteiger partial charge >= 0.3 is 0 Å². The molecule has 35 heavy (non-hydrogen) atoms. The highest BCUT2D eigenvalue weighted by Gasteiger charge is 2.39. The standard InChI is InChI=1S/C26H22ClFN2O4S/c1-15(25(31)29-12-16-6-9-21-22(10-16)34-14-33-21)24-26(32)30(20-4-2-3-5-23(20)35-24)13-17-7-8-18(28)11-19(17)27/h2-11,15,24H,12-14H2,1H3,(H,29,31)/t15-,24+/m0/s1. The summed E-state index contributed by atoms with van der Waals surface area (Å²) in [5.74, 6) is -0.133. The van der Waals surface area contributed by atoms with Gasteiger partial charge in [0.25, 0.3) is 0 Å². The number of nitrogens with zero attached hydrogens (tertiary/aromatic N) is 1. The van der Waals surface area contributed by atoms with Crippen molar-refractivity contribution in [3.8, 4) is 11.5 Å². The first-order valence-corrected chi connectivity index (χ1v) is 12.3. The van der Waals surface area contributed by atoms with Gasteiger partial charge in [-0.25, -0.2) is 4.39 Å². The SMILES string of the molecule is C[C@H](C(=O)NCc1ccc2c(c1)OCO2)[C@H]1Sc2ccccc2N(Cc2ccc(F)cc2Cl)C1=O. The van der Waals surface area contributed by atoms with Crippen LogP contribution in [0, 0.1) is 11.7 Å². The summed E-state index contributed by atoms with van der Waals surface area (Å²) in [6.07, 6.45) is 0. The van der Waals surface area contributed by atoms with E-state index in [-0.39, 0.29) is 30.2 Å². The Morgan fingerprint density at radius 2 is 1.97 bits per heavy atom. The maximum absolute atomic E-state index is 13.6. The maximum Gasteiger partial charge on any atom is 0.241 e. The van der Waals surface area contributed by atoms with Crippen molar-refractivity contribution in [1.82, 2.24) is 5.32 Å². The van der Waals surface area contributed by atoms with E-state index in [1.807, 2.05) is 42.5 Å². The van der Waals surface area contributed by atoms with Crippen molar-refractivity contribution in [2.45, 2.75) is 30.2 Å². The summed E-state index contributed by atoms with van der Waals surface area (Å²) in [5, 5.41) is 2.55. The van der Waals surface area contributed by atoms with E-state index in [2.05, 4.69) is 5.32 Å². The lowest BCUT2D eigenvalue weighted by Crippen LogP contribution is -2.47. The largest absolute Gasteiger partial charge is 0.454 e. The predicted molar refractivity (Wildman–Crippen MR) is 132 cm³/mol. The van der Waals surface area contributed by atoms with Crippen LogP contribution < -0.4 is 19.7 Å². The molecule has 3 aromatic carbocycles. The molecule has 2 amide bonds. The zero-order chi connectivity index (χ0) is 24.5. The number of para-hydroxylation sites is 1. The van der Waals surface area contributed by atoms with Crippen LogP contribution in [0.1, 0.15) is 18.1 Å². The second kappa shape index (κ2) is 9.79. The summed E-state index contributed by atoms with van der Waals surface area (Å²) in [6.45, 7) is 2.42. The first kappa shape index (κ1) is 23.5. The lowest BCUT2D eigenvalue weighted by molar-refractivity contribution is -0.128. The van der Waals surface area contributed by atoms with Crippen LogP contribution in [-0.4, -0.2) is 23.9 Å². The van der Waals surface area contributed by atoms with Gasteiger partial charge in [0.1, 0.15) is 11.1 Å². The van der Waals surface area contributed by atoms with E-state index in [0.717, 1.165) is 16.1 Å². The Kier molecular flexibility index (Phi) is 6.58. The lowest BCUT2D eigenvalue weighted by atomic mass is 10.0. The highest BCUT2D eigenvalue weighted by atomic mass is 35.5. The fourth-order valence-corrected chi connectivity index (χ4v) is 5.59. The number of hydrogen-bond donors (Lipinski definition) is 1. The van der Waals surface area contributed by atoms with E-state index in [0.29, 0.717) is 23.6 Å². The highest BCUT2D eigenvalue weighted by Crippen LogP contribution is 2.42.